The second-order valence-electron chi connectivity index (χ2n) is 4.44. The predicted molar refractivity (Wildman–Crippen MR) is 62.2 cm³/mol. The number of aryl methyl sites for hydroxylation is 1. The molecule has 0 bridgehead atoms. The van der Waals surface area contributed by atoms with Gasteiger partial charge >= 0.3 is 0 Å². The van der Waals surface area contributed by atoms with Crippen molar-refractivity contribution in [3.8, 4) is 0 Å². The third-order valence-electron chi connectivity index (χ3n) is 2.61. The van der Waals surface area contributed by atoms with Crippen LogP contribution in [0, 0.1) is 6.92 Å². The second kappa shape index (κ2) is 3.83. The number of aromatic nitrogens is 4. The van der Waals surface area contributed by atoms with Gasteiger partial charge in [-0.3, -0.25) is 4.40 Å². The monoisotopic (exact) mass is 219 g/mol. The molecule has 5 nitrogen and oxygen atoms in total. The van der Waals surface area contributed by atoms with Gasteiger partial charge in [-0.25, -0.2) is 4.98 Å². The SMILES string of the molecule is CCNC(C)(C)c1nnc2cc(C)ncn12. The number of fused-ring (bicyclic) bond motifs is 1. The summed E-state index contributed by atoms with van der Waals surface area (Å²) in [6.07, 6.45) is 1.78. The van der Waals surface area contributed by atoms with Crippen LogP contribution in [-0.2, 0) is 5.54 Å². The van der Waals surface area contributed by atoms with Crippen LogP contribution >= 0.6 is 0 Å². The van der Waals surface area contributed by atoms with Gasteiger partial charge in [-0.15, -0.1) is 10.2 Å². The Bertz CT molecular complexity index is 500. The summed E-state index contributed by atoms with van der Waals surface area (Å²) < 4.78 is 1.93. The highest BCUT2D eigenvalue weighted by atomic mass is 15.3. The summed E-state index contributed by atoms with van der Waals surface area (Å²) in [4.78, 5) is 4.27. The topological polar surface area (TPSA) is 55.1 Å². The molecule has 5 heteroatoms. The van der Waals surface area contributed by atoms with Crippen LogP contribution in [-0.4, -0.2) is 26.1 Å². The Kier molecular flexibility index (Phi) is 2.63. The maximum atomic E-state index is 4.27. The Morgan fingerprint density at radius 1 is 1.38 bits per heavy atom. The Morgan fingerprint density at radius 2 is 2.12 bits per heavy atom. The fourth-order valence-corrected chi connectivity index (χ4v) is 1.84. The van der Waals surface area contributed by atoms with E-state index in [9.17, 15) is 0 Å². The van der Waals surface area contributed by atoms with Gasteiger partial charge < -0.3 is 5.32 Å². The van der Waals surface area contributed by atoms with Crippen LogP contribution in [0.4, 0.5) is 0 Å². The van der Waals surface area contributed by atoms with Crippen LogP contribution in [0.2, 0.25) is 0 Å². The minimum Gasteiger partial charge on any atom is -0.305 e. The zero-order valence-electron chi connectivity index (χ0n) is 10.2. The fraction of sp³-hybridized carbons (Fsp3) is 0.545. The minimum absolute atomic E-state index is 0.203. The summed E-state index contributed by atoms with van der Waals surface area (Å²) in [5, 5.41) is 11.8. The lowest BCUT2D eigenvalue weighted by Gasteiger charge is -2.23. The third-order valence-corrected chi connectivity index (χ3v) is 2.61. The van der Waals surface area contributed by atoms with Crippen molar-refractivity contribution >= 4 is 5.65 Å². The molecule has 0 amide bonds. The number of rotatable bonds is 3. The van der Waals surface area contributed by atoms with E-state index in [1.54, 1.807) is 6.33 Å². The Hall–Kier alpha value is -1.49. The number of hydrogen-bond donors (Lipinski definition) is 1. The van der Waals surface area contributed by atoms with Gasteiger partial charge in [0.1, 0.15) is 6.33 Å². The molecule has 0 fully saturated rings. The lowest BCUT2D eigenvalue weighted by atomic mass is 10.1. The number of nitrogens with zero attached hydrogens (tertiary/aromatic N) is 4. The molecule has 0 aliphatic carbocycles. The molecular weight excluding hydrogens is 202 g/mol. The first-order valence-electron chi connectivity index (χ1n) is 5.47. The van der Waals surface area contributed by atoms with Crippen molar-refractivity contribution in [1.82, 2.24) is 24.9 Å². The smallest absolute Gasteiger partial charge is 0.163 e. The number of hydrogen-bond acceptors (Lipinski definition) is 4. The molecule has 86 valence electrons. The molecule has 0 spiro atoms. The van der Waals surface area contributed by atoms with Gasteiger partial charge in [0.25, 0.3) is 0 Å². The summed E-state index contributed by atoms with van der Waals surface area (Å²) in [5.41, 5.74) is 1.59. The quantitative estimate of drug-likeness (QED) is 0.844. The van der Waals surface area contributed by atoms with E-state index in [1.807, 2.05) is 17.4 Å². The van der Waals surface area contributed by atoms with Gasteiger partial charge in [0.05, 0.1) is 5.54 Å². The summed E-state index contributed by atoms with van der Waals surface area (Å²) in [6.45, 7) is 9.10. The van der Waals surface area contributed by atoms with Crippen molar-refractivity contribution in [2.75, 3.05) is 6.54 Å². The first-order chi connectivity index (χ1) is 7.54. The molecule has 0 atom stereocenters. The van der Waals surface area contributed by atoms with Crippen LogP contribution in [0.5, 0.6) is 0 Å². The van der Waals surface area contributed by atoms with E-state index in [0.29, 0.717) is 0 Å². The molecule has 0 aromatic carbocycles. The molecule has 2 heterocycles. The first-order valence-corrected chi connectivity index (χ1v) is 5.47. The van der Waals surface area contributed by atoms with E-state index in [0.717, 1.165) is 23.7 Å². The van der Waals surface area contributed by atoms with E-state index < -0.39 is 0 Å². The molecule has 1 N–H and O–H groups in total. The zero-order valence-corrected chi connectivity index (χ0v) is 10.2. The average Bonchev–Trinajstić information content (AvgIpc) is 2.60. The zero-order chi connectivity index (χ0) is 11.8. The molecule has 0 aliphatic heterocycles. The molecule has 2 aromatic heterocycles. The lowest BCUT2D eigenvalue weighted by Crippen LogP contribution is -2.38. The van der Waals surface area contributed by atoms with E-state index >= 15 is 0 Å². The van der Waals surface area contributed by atoms with Crippen LogP contribution in [0.1, 0.15) is 32.3 Å². The number of nitrogens with one attached hydrogen (secondary N) is 1. The predicted octanol–water partition coefficient (Wildman–Crippen LogP) is 1.28. The summed E-state index contributed by atoms with van der Waals surface area (Å²) >= 11 is 0. The highest BCUT2D eigenvalue weighted by Gasteiger charge is 2.25. The molecule has 0 aliphatic rings. The van der Waals surface area contributed by atoms with Crippen molar-refractivity contribution in [3.63, 3.8) is 0 Å². The Balaban J connectivity index is 2.53. The van der Waals surface area contributed by atoms with Gasteiger partial charge in [-0.05, 0) is 27.3 Å². The molecule has 0 saturated carbocycles. The van der Waals surface area contributed by atoms with Crippen molar-refractivity contribution in [3.05, 3.63) is 23.9 Å². The molecule has 0 radical (unpaired) electrons. The maximum Gasteiger partial charge on any atom is 0.163 e. The minimum atomic E-state index is -0.203. The highest BCUT2D eigenvalue weighted by Crippen LogP contribution is 2.18. The van der Waals surface area contributed by atoms with Gasteiger partial charge in [-0.2, -0.15) is 0 Å². The molecule has 16 heavy (non-hydrogen) atoms. The van der Waals surface area contributed by atoms with Crippen LogP contribution in [0.15, 0.2) is 12.4 Å². The summed E-state index contributed by atoms with van der Waals surface area (Å²) in [6, 6.07) is 1.93. The molecule has 0 unspecified atom stereocenters. The molecular formula is C11H17N5. The van der Waals surface area contributed by atoms with Gasteiger partial charge in [0.2, 0.25) is 0 Å². The second-order valence-corrected chi connectivity index (χ2v) is 4.44. The third kappa shape index (κ3) is 1.78. The standard InChI is InChI=1S/C11H17N5/c1-5-13-11(3,4)10-15-14-9-6-8(2)12-7-16(9)10/h6-7,13H,5H2,1-4H3. The van der Waals surface area contributed by atoms with Crippen molar-refractivity contribution in [1.29, 1.82) is 0 Å². The highest BCUT2D eigenvalue weighted by molar-refractivity contribution is 5.38. The van der Waals surface area contributed by atoms with Crippen LogP contribution in [0.25, 0.3) is 5.65 Å². The van der Waals surface area contributed by atoms with Gasteiger partial charge in [-0.1, -0.05) is 6.92 Å². The van der Waals surface area contributed by atoms with Crippen LogP contribution < -0.4 is 5.32 Å². The fourth-order valence-electron chi connectivity index (χ4n) is 1.84. The Labute approximate surface area is 94.9 Å². The van der Waals surface area contributed by atoms with E-state index in [2.05, 4.69) is 41.3 Å². The summed E-state index contributed by atoms with van der Waals surface area (Å²) in [5.74, 6) is 0.886. The average molecular weight is 219 g/mol. The lowest BCUT2D eigenvalue weighted by molar-refractivity contribution is 0.387. The largest absolute Gasteiger partial charge is 0.305 e. The molecule has 2 aromatic rings. The first kappa shape index (κ1) is 11.0. The van der Waals surface area contributed by atoms with Crippen molar-refractivity contribution < 1.29 is 0 Å². The Morgan fingerprint density at radius 3 is 2.81 bits per heavy atom. The molecule has 0 saturated heterocycles. The van der Waals surface area contributed by atoms with E-state index in [4.69, 9.17) is 0 Å². The van der Waals surface area contributed by atoms with E-state index in [-0.39, 0.29) is 5.54 Å². The van der Waals surface area contributed by atoms with Crippen molar-refractivity contribution in [2.24, 2.45) is 0 Å². The van der Waals surface area contributed by atoms with Gasteiger partial charge in [0.15, 0.2) is 11.5 Å². The van der Waals surface area contributed by atoms with Crippen LogP contribution in [0.3, 0.4) is 0 Å². The molecule has 2 rings (SSSR count). The maximum absolute atomic E-state index is 4.27. The van der Waals surface area contributed by atoms with E-state index in [1.165, 1.54) is 0 Å². The van der Waals surface area contributed by atoms with Gasteiger partial charge in [0, 0.05) is 11.8 Å². The summed E-state index contributed by atoms with van der Waals surface area (Å²) in [7, 11) is 0. The normalized spacial score (nSPS) is 12.2. The van der Waals surface area contributed by atoms with Crippen molar-refractivity contribution in [2.45, 2.75) is 33.2 Å².